The lowest BCUT2D eigenvalue weighted by atomic mass is 10.0. The fraction of sp³-hybridized carbons (Fsp3) is 0.526. The Morgan fingerprint density at radius 2 is 2.00 bits per heavy atom. The minimum atomic E-state index is 0.791. The SMILES string of the molecule is CCCCOc1ccc(-c2n[nH]c3c2CN(CCC)CC3)cc1. The fourth-order valence-electron chi connectivity index (χ4n) is 3.14. The van der Waals surface area contributed by atoms with Crippen LogP contribution in [0.1, 0.15) is 44.4 Å². The van der Waals surface area contributed by atoms with Crippen LogP contribution in [-0.2, 0) is 13.0 Å². The molecule has 0 saturated carbocycles. The number of rotatable bonds is 7. The molecule has 2 heterocycles. The summed E-state index contributed by atoms with van der Waals surface area (Å²) in [5, 5.41) is 7.81. The van der Waals surface area contributed by atoms with E-state index in [0.717, 1.165) is 56.9 Å². The van der Waals surface area contributed by atoms with E-state index in [-0.39, 0.29) is 0 Å². The summed E-state index contributed by atoms with van der Waals surface area (Å²) in [4.78, 5) is 2.52. The predicted octanol–water partition coefficient (Wildman–Crippen LogP) is 4.02. The van der Waals surface area contributed by atoms with Gasteiger partial charge in [-0.1, -0.05) is 20.3 Å². The zero-order valence-corrected chi connectivity index (χ0v) is 14.3. The van der Waals surface area contributed by atoms with Gasteiger partial charge in [-0.25, -0.2) is 0 Å². The quantitative estimate of drug-likeness (QED) is 0.785. The van der Waals surface area contributed by atoms with Crippen LogP contribution in [0.5, 0.6) is 5.75 Å². The molecule has 124 valence electrons. The number of nitrogens with one attached hydrogen (secondary N) is 1. The van der Waals surface area contributed by atoms with Crippen LogP contribution in [0.3, 0.4) is 0 Å². The third-order valence-corrected chi connectivity index (χ3v) is 4.45. The summed E-state index contributed by atoms with van der Waals surface area (Å²) in [7, 11) is 0. The highest BCUT2D eigenvalue weighted by Crippen LogP contribution is 2.29. The molecule has 2 aromatic rings. The Kier molecular flexibility index (Phi) is 5.34. The molecule has 0 amide bonds. The first-order chi connectivity index (χ1) is 11.3. The maximum absolute atomic E-state index is 5.74. The lowest BCUT2D eigenvalue weighted by molar-refractivity contribution is 0.254. The first-order valence-corrected chi connectivity index (χ1v) is 8.83. The lowest BCUT2D eigenvalue weighted by Gasteiger charge is -2.26. The van der Waals surface area contributed by atoms with Crippen molar-refractivity contribution in [2.24, 2.45) is 0 Å². The number of hydrogen-bond acceptors (Lipinski definition) is 3. The number of hydrogen-bond donors (Lipinski definition) is 1. The molecule has 1 aromatic carbocycles. The Morgan fingerprint density at radius 1 is 1.17 bits per heavy atom. The molecule has 1 N–H and O–H groups in total. The lowest BCUT2D eigenvalue weighted by Crippen LogP contribution is -2.31. The third kappa shape index (κ3) is 3.75. The van der Waals surface area contributed by atoms with E-state index >= 15 is 0 Å². The second-order valence-corrected chi connectivity index (χ2v) is 6.28. The summed E-state index contributed by atoms with van der Waals surface area (Å²) >= 11 is 0. The monoisotopic (exact) mass is 313 g/mol. The third-order valence-electron chi connectivity index (χ3n) is 4.45. The minimum absolute atomic E-state index is 0.791. The zero-order valence-electron chi connectivity index (χ0n) is 14.3. The summed E-state index contributed by atoms with van der Waals surface area (Å²) in [5.41, 5.74) is 4.93. The van der Waals surface area contributed by atoms with E-state index in [2.05, 4.69) is 53.2 Å². The average Bonchev–Trinajstić information content (AvgIpc) is 2.99. The van der Waals surface area contributed by atoms with Crippen molar-refractivity contribution in [2.45, 2.75) is 46.1 Å². The Bertz CT molecular complexity index is 618. The Morgan fingerprint density at radius 3 is 2.74 bits per heavy atom. The normalized spacial score (nSPS) is 14.7. The molecule has 4 heteroatoms. The number of aromatic amines is 1. The summed E-state index contributed by atoms with van der Waals surface area (Å²) in [6.07, 6.45) is 4.53. The second kappa shape index (κ2) is 7.64. The van der Waals surface area contributed by atoms with Crippen LogP contribution in [0.15, 0.2) is 24.3 Å². The first-order valence-electron chi connectivity index (χ1n) is 8.83. The van der Waals surface area contributed by atoms with E-state index in [4.69, 9.17) is 4.74 Å². The largest absolute Gasteiger partial charge is 0.494 e. The highest BCUT2D eigenvalue weighted by Gasteiger charge is 2.22. The highest BCUT2D eigenvalue weighted by molar-refractivity contribution is 5.65. The molecule has 1 aliphatic heterocycles. The van der Waals surface area contributed by atoms with Crippen molar-refractivity contribution < 1.29 is 4.74 Å². The zero-order chi connectivity index (χ0) is 16.1. The number of aromatic nitrogens is 2. The van der Waals surface area contributed by atoms with Crippen molar-refractivity contribution >= 4 is 0 Å². The van der Waals surface area contributed by atoms with Crippen molar-refractivity contribution in [2.75, 3.05) is 19.7 Å². The number of benzene rings is 1. The van der Waals surface area contributed by atoms with Gasteiger partial charge in [0, 0.05) is 36.3 Å². The molecule has 0 atom stereocenters. The van der Waals surface area contributed by atoms with Crippen molar-refractivity contribution in [1.29, 1.82) is 0 Å². The van der Waals surface area contributed by atoms with Gasteiger partial charge in [-0.3, -0.25) is 10.00 Å². The van der Waals surface area contributed by atoms with Crippen LogP contribution in [0.4, 0.5) is 0 Å². The Labute approximate surface area is 138 Å². The summed E-state index contributed by atoms with van der Waals surface area (Å²) in [5.74, 6) is 0.944. The second-order valence-electron chi connectivity index (χ2n) is 6.28. The van der Waals surface area contributed by atoms with Gasteiger partial charge in [-0.2, -0.15) is 5.10 Å². The molecule has 23 heavy (non-hydrogen) atoms. The van der Waals surface area contributed by atoms with Gasteiger partial charge in [0.25, 0.3) is 0 Å². The summed E-state index contributed by atoms with van der Waals surface area (Å²) in [6, 6.07) is 8.35. The van der Waals surface area contributed by atoms with Gasteiger partial charge in [0.2, 0.25) is 0 Å². The highest BCUT2D eigenvalue weighted by atomic mass is 16.5. The molecule has 0 unspecified atom stereocenters. The maximum Gasteiger partial charge on any atom is 0.119 e. The van der Waals surface area contributed by atoms with Crippen molar-refractivity contribution in [1.82, 2.24) is 15.1 Å². The van der Waals surface area contributed by atoms with E-state index in [1.807, 2.05) is 0 Å². The topological polar surface area (TPSA) is 41.1 Å². The number of ether oxygens (including phenoxy) is 1. The molecule has 4 nitrogen and oxygen atoms in total. The van der Waals surface area contributed by atoms with Crippen LogP contribution in [-0.4, -0.2) is 34.8 Å². The molecular formula is C19H27N3O. The Balaban J connectivity index is 1.74. The molecular weight excluding hydrogens is 286 g/mol. The number of fused-ring (bicyclic) bond motifs is 1. The number of unbranched alkanes of at least 4 members (excludes halogenated alkanes) is 1. The van der Waals surface area contributed by atoms with Crippen molar-refractivity contribution in [3.63, 3.8) is 0 Å². The summed E-state index contributed by atoms with van der Waals surface area (Å²) < 4.78 is 5.74. The van der Waals surface area contributed by atoms with E-state index in [1.165, 1.54) is 23.2 Å². The van der Waals surface area contributed by atoms with E-state index in [0.29, 0.717) is 0 Å². The van der Waals surface area contributed by atoms with E-state index in [9.17, 15) is 0 Å². The first kappa shape index (κ1) is 16.1. The molecule has 1 aliphatic rings. The molecule has 3 rings (SSSR count). The van der Waals surface area contributed by atoms with Gasteiger partial charge in [0.05, 0.1) is 12.3 Å². The van der Waals surface area contributed by atoms with Crippen molar-refractivity contribution in [3.05, 3.63) is 35.5 Å². The van der Waals surface area contributed by atoms with Crippen LogP contribution >= 0.6 is 0 Å². The Hall–Kier alpha value is -1.81. The van der Waals surface area contributed by atoms with Gasteiger partial charge >= 0.3 is 0 Å². The van der Waals surface area contributed by atoms with Crippen LogP contribution in [0.25, 0.3) is 11.3 Å². The van der Waals surface area contributed by atoms with Gasteiger partial charge in [-0.15, -0.1) is 0 Å². The van der Waals surface area contributed by atoms with Crippen LogP contribution in [0, 0.1) is 0 Å². The number of H-pyrrole nitrogens is 1. The van der Waals surface area contributed by atoms with Crippen LogP contribution in [0.2, 0.25) is 0 Å². The molecule has 0 aliphatic carbocycles. The molecule has 0 bridgehead atoms. The van der Waals surface area contributed by atoms with Gasteiger partial charge in [0.15, 0.2) is 0 Å². The van der Waals surface area contributed by atoms with Gasteiger partial charge in [0.1, 0.15) is 5.75 Å². The molecule has 0 spiro atoms. The number of nitrogens with zero attached hydrogens (tertiary/aromatic N) is 2. The van der Waals surface area contributed by atoms with E-state index < -0.39 is 0 Å². The maximum atomic E-state index is 5.74. The van der Waals surface area contributed by atoms with Gasteiger partial charge in [-0.05, 0) is 43.7 Å². The smallest absolute Gasteiger partial charge is 0.119 e. The van der Waals surface area contributed by atoms with Crippen molar-refractivity contribution in [3.8, 4) is 17.0 Å². The molecule has 0 radical (unpaired) electrons. The van der Waals surface area contributed by atoms with Crippen LogP contribution < -0.4 is 4.74 Å². The predicted molar refractivity (Wildman–Crippen MR) is 93.7 cm³/mol. The van der Waals surface area contributed by atoms with Gasteiger partial charge < -0.3 is 4.74 Å². The average molecular weight is 313 g/mol. The van der Waals surface area contributed by atoms with E-state index in [1.54, 1.807) is 0 Å². The standard InChI is InChI=1S/C19H27N3O/c1-3-5-13-23-16-8-6-15(7-9-16)19-17-14-22(11-4-2)12-10-18(17)20-21-19/h6-9H,3-5,10-14H2,1-2H3,(H,20,21). The fourth-order valence-corrected chi connectivity index (χ4v) is 3.14. The molecule has 0 fully saturated rings. The summed E-state index contributed by atoms with van der Waals surface area (Å²) in [6.45, 7) is 8.50. The molecule has 0 saturated heterocycles. The molecule has 1 aromatic heterocycles. The minimum Gasteiger partial charge on any atom is -0.494 e.